The second-order valence-electron chi connectivity index (χ2n) is 3.70. The van der Waals surface area contributed by atoms with Crippen molar-refractivity contribution in [3.63, 3.8) is 0 Å². The summed E-state index contributed by atoms with van der Waals surface area (Å²) in [6.45, 7) is 10.1. The van der Waals surface area contributed by atoms with Crippen molar-refractivity contribution in [3.8, 4) is 0 Å². The molecule has 0 amide bonds. The van der Waals surface area contributed by atoms with Crippen LogP contribution in [0.5, 0.6) is 0 Å². The zero-order valence-corrected chi connectivity index (χ0v) is 7.53. The molecular formula is C11H18. The molecular weight excluding hydrogens is 132 g/mol. The van der Waals surface area contributed by atoms with Crippen molar-refractivity contribution < 1.29 is 0 Å². The van der Waals surface area contributed by atoms with Gasteiger partial charge in [0.15, 0.2) is 0 Å². The highest BCUT2D eigenvalue weighted by molar-refractivity contribution is 5.16. The number of hydrogen-bond acceptors (Lipinski definition) is 0. The van der Waals surface area contributed by atoms with Crippen LogP contribution in [0.3, 0.4) is 0 Å². The van der Waals surface area contributed by atoms with Crippen LogP contribution in [0.4, 0.5) is 0 Å². The summed E-state index contributed by atoms with van der Waals surface area (Å²) >= 11 is 0. The van der Waals surface area contributed by atoms with Crippen molar-refractivity contribution in [2.45, 2.75) is 39.0 Å². The molecule has 1 aliphatic rings. The van der Waals surface area contributed by atoms with Gasteiger partial charge in [-0.05, 0) is 19.8 Å². The lowest BCUT2D eigenvalue weighted by Crippen LogP contribution is -2.21. The average molecular weight is 150 g/mol. The zero-order chi connectivity index (χ0) is 8.32. The predicted molar refractivity (Wildman–Crippen MR) is 50.5 cm³/mol. The summed E-state index contributed by atoms with van der Waals surface area (Å²) in [5, 5.41) is 0. The van der Waals surface area contributed by atoms with E-state index < -0.39 is 0 Å². The maximum absolute atomic E-state index is 4.05. The zero-order valence-electron chi connectivity index (χ0n) is 7.53. The number of rotatable bonds is 2. The third kappa shape index (κ3) is 1.55. The maximum Gasteiger partial charge on any atom is 0.00827 e. The molecule has 1 fully saturated rings. The Kier molecular flexibility index (Phi) is 2.53. The molecule has 1 saturated carbocycles. The van der Waals surface area contributed by atoms with E-state index in [1.165, 1.54) is 37.7 Å². The van der Waals surface area contributed by atoms with E-state index in [-0.39, 0.29) is 5.41 Å². The van der Waals surface area contributed by atoms with Crippen LogP contribution in [0.2, 0.25) is 0 Å². The van der Waals surface area contributed by atoms with Crippen LogP contribution in [0.25, 0.3) is 0 Å². The Labute approximate surface area is 70.0 Å². The van der Waals surface area contributed by atoms with Crippen LogP contribution in [0, 0.1) is 5.41 Å². The topological polar surface area (TPSA) is 0 Å². The predicted octanol–water partition coefficient (Wildman–Crippen LogP) is 3.70. The van der Waals surface area contributed by atoms with Crippen molar-refractivity contribution in [2.24, 2.45) is 5.41 Å². The molecule has 0 bridgehead atoms. The molecule has 0 aromatic rings. The van der Waals surface area contributed by atoms with Gasteiger partial charge >= 0.3 is 0 Å². The standard InChI is InChI=1S/C11H18/c1-4-11(10(2)3)8-6-5-7-9-11/h4H,1-2,5-9H2,3H3. The fourth-order valence-corrected chi connectivity index (χ4v) is 1.99. The lowest BCUT2D eigenvalue weighted by Gasteiger charge is -2.35. The van der Waals surface area contributed by atoms with Gasteiger partial charge in [-0.15, -0.1) is 6.58 Å². The first-order valence-corrected chi connectivity index (χ1v) is 4.51. The van der Waals surface area contributed by atoms with E-state index in [1.54, 1.807) is 0 Å². The molecule has 0 radical (unpaired) electrons. The number of allylic oxidation sites excluding steroid dienone is 2. The Morgan fingerprint density at radius 3 is 2.09 bits per heavy atom. The van der Waals surface area contributed by atoms with Gasteiger partial charge in [-0.1, -0.05) is 37.5 Å². The first kappa shape index (κ1) is 8.58. The van der Waals surface area contributed by atoms with Gasteiger partial charge in [-0.25, -0.2) is 0 Å². The minimum Gasteiger partial charge on any atom is -0.102 e. The van der Waals surface area contributed by atoms with Gasteiger partial charge in [0.1, 0.15) is 0 Å². The second-order valence-corrected chi connectivity index (χ2v) is 3.70. The van der Waals surface area contributed by atoms with E-state index >= 15 is 0 Å². The Bertz CT molecular complexity index is 159. The molecule has 0 atom stereocenters. The molecule has 0 aromatic carbocycles. The van der Waals surface area contributed by atoms with Crippen molar-refractivity contribution >= 4 is 0 Å². The van der Waals surface area contributed by atoms with Gasteiger partial charge in [0.25, 0.3) is 0 Å². The summed E-state index contributed by atoms with van der Waals surface area (Å²) in [4.78, 5) is 0. The van der Waals surface area contributed by atoms with Gasteiger partial charge in [0, 0.05) is 5.41 Å². The Morgan fingerprint density at radius 2 is 1.82 bits per heavy atom. The first-order chi connectivity index (χ1) is 5.21. The molecule has 0 heteroatoms. The molecule has 0 spiro atoms. The molecule has 0 aromatic heterocycles. The summed E-state index contributed by atoms with van der Waals surface area (Å²) in [5.41, 5.74) is 1.59. The molecule has 11 heavy (non-hydrogen) atoms. The van der Waals surface area contributed by atoms with E-state index in [2.05, 4.69) is 26.2 Å². The van der Waals surface area contributed by atoms with E-state index in [0.717, 1.165) is 0 Å². The molecule has 0 saturated heterocycles. The summed E-state index contributed by atoms with van der Waals surface area (Å²) in [5.74, 6) is 0. The highest BCUT2D eigenvalue weighted by Crippen LogP contribution is 2.42. The van der Waals surface area contributed by atoms with Gasteiger partial charge in [-0.2, -0.15) is 0 Å². The van der Waals surface area contributed by atoms with E-state index in [4.69, 9.17) is 0 Å². The van der Waals surface area contributed by atoms with Crippen molar-refractivity contribution in [1.29, 1.82) is 0 Å². The molecule has 1 rings (SSSR count). The van der Waals surface area contributed by atoms with Crippen molar-refractivity contribution in [1.82, 2.24) is 0 Å². The number of hydrogen-bond donors (Lipinski definition) is 0. The van der Waals surface area contributed by atoms with Crippen LogP contribution in [-0.2, 0) is 0 Å². The van der Waals surface area contributed by atoms with Crippen LogP contribution in [0.1, 0.15) is 39.0 Å². The SMILES string of the molecule is C=CC1(C(=C)C)CCCCC1. The van der Waals surface area contributed by atoms with Gasteiger partial charge in [0.05, 0.1) is 0 Å². The van der Waals surface area contributed by atoms with Crippen LogP contribution >= 0.6 is 0 Å². The summed E-state index contributed by atoms with van der Waals surface area (Å²) in [6.07, 6.45) is 8.73. The molecule has 62 valence electrons. The fraction of sp³-hybridized carbons (Fsp3) is 0.636. The van der Waals surface area contributed by atoms with Crippen molar-refractivity contribution in [2.75, 3.05) is 0 Å². The monoisotopic (exact) mass is 150 g/mol. The molecule has 0 N–H and O–H groups in total. The highest BCUT2D eigenvalue weighted by atomic mass is 14.3. The van der Waals surface area contributed by atoms with Gasteiger partial charge < -0.3 is 0 Å². The summed E-state index contributed by atoms with van der Waals surface area (Å²) in [7, 11) is 0. The molecule has 0 heterocycles. The smallest absolute Gasteiger partial charge is 0.00827 e. The summed E-state index contributed by atoms with van der Waals surface area (Å²) < 4.78 is 0. The van der Waals surface area contributed by atoms with Gasteiger partial charge in [-0.3, -0.25) is 0 Å². The fourth-order valence-electron chi connectivity index (χ4n) is 1.99. The molecule has 0 unspecified atom stereocenters. The van der Waals surface area contributed by atoms with Crippen LogP contribution in [0.15, 0.2) is 24.8 Å². The normalized spacial score (nSPS) is 22.6. The lowest BCUT2D eigenvalue weighted by molar-refractivity contribution is 0.309. The lowest BCUT2D eigenvalue weighted by atomic mass is 9.70. The van der Waals surface area contributed by atoms with Crippen LogP contribution in [-0.4, -0.2) is 0 Å². The van der Waals surface area contributed by atoms with Crippen molar-refractivity contribution in [3.05, 3.63) is 24.8 Å². The Hall–Kier alpha value is -0.520. The Morgan fingerprint density at radius 1 is 1.27 bits per heavy atom. The average Bonchev–Trinajstić information content (AvgIpc) is 2.05. The first-order valence-electron chi connectivity index (χ1n) is 4.51. The van der Waals surface area contributed by atoms with Crippen LogP contribution < -0.4 is 0 Å². The highest BCUT2D eigenvalue weighted by Gasteiger charge is 2.28. The van der Waals surface area contributed by atoms with Gasteiger partial charge in [0.2, 0.25) is 0 Å². The van der Waals surface area contributed by atoms with E-state index in [1.807, 2.05) is 0 Å². The van der Waals surface area contributed by atoms with E-state index in [9.17, 15) is 0 Å². The summed E-state index contributed by atoms with van der Waals surface area (Å²) in [6, 6.07) is 0. The minimum atomic E-state index is 0.290. The second kappa shape index (κ2) is 3.25. The molecule has 1 aliphatic carbocycles. The minimum absolute atomic E-state index is 0.290. The largest absolute Gasteiger partial charge is 0.102 e. The molecule has 0 nitrogen and oxygen atoms in total. The third-order valence-corrected chi connectivity index (χ3v) is 2.99. The Balaban J connectivity index is 2.72. The van der Waals surface area contributed by atoms with E-state index in [0.29, 0.717) is 0 Å². The maximum atomic E-state index is 4.05. The third-order valence-electron chi connectivity index (χ3n) is 2.99. The quantitative estimate of drug-likeness (QED) is 0.526. The molecule has 0 aliphatic heterocycles.